The minimum atomic E-state index is -0.319. The van der Waals surface area contributed by atoms with Crippen molar-refractivity contribution in [2.45, 2.75) is 20.0 Å². The van der Waals surface area contributed by atoms with Crippen LogP contribution in [0.25, 0.3) is 16.6 Å². The third kappa shape index (κ3) is 3.66. The lowest BCUT2D eigenvalue weighted by Crippen LogP contribution is -2.30. The van der Waals surface area contributed by atoms with Crippen molar-refractivity contribution in [3.8, 4) is 0 Å². The van der Waals surface area contributed by atoms with Crippen LogP contribution in [0, 0.1) is 12.7 Å². The Labute approximate surface area is 183 Å². The van der Waals surface area contributed by atoms with E-state index in [0.717, 1.165) is 27.6 Å². The number of para-hydroxylation sites is 1. The van der Waals surface area contributed by atoms with Crippen LogP contribution in [0.3, 0.4) is 0 Å². The maximum absolute atomic E-state index is 13.4. The smallest absolute Gasteiger partial charge is 0.256 e. The van der Waals surface area contributed by atoms with Crippen LogP contribution < -0.4 is 0 Å². The SMILES string of the molecule is Cc1cccc2cc(CN(Cc3ccc(F)cc3)C(=O)c3cccnc3)c3nnnn3c12. The van der Waals surface area contributed by atoms with Gasteiger partial charge in [0.1, 0.15) is 5.82 Å². The number of benzene rings is 2. The summed E-state index contributed by atoms with van der Waals surface area (Å²) in [5.74, 6) is -0.502. The number of tetrazole rings is 1. The minimum absolute atomic E-state index is 0.183. The number of fused-ring (bicyclic) bond motifs is 3. The van der Waals surface area contributed by atoms with E-state index in [9.17, 15) is 9.18 Å². The van der Waals surface area contributed by atoms with Gasteiger partial charge in [0.05, 0.1) is 17.6 Å². The number of hydrogen-bond acceptors (Lipinski definition) is 5. The summed E-state index contributed by atoms with van der Waals surface area (Å²) < 4.78 is 15.1. The Hall–Kier alpha value is -4.20. The van der Waals surface area contributed by atoms with Gasteiger partial charge in [0.2, 0.25) is 0 Å². The molecule has 0 aliphatic rings. The highest BCUT2D eigenvalue weighted by Crippen LogP contribution is 2.24. The van der Waals surface area contributed by atoms with E-state index in [-0.39, 0.29) is 18.3 Å². The molecule has 0 bridgehead atoms. The second-order valence-electron chi connectivity index (χ2n) is 7.63. The first-order valence-electron chi connectivity index (χ1n) is 10.1. The predicted molar refractivity (Wildman–Crippen MR) is 117 cm³/mol. The number of carbonyl (C=O) groups excluding carboxylic acids is 1. The van der Waals surface area contributed by atoms with Gasteiger partial charge >= 0.3 is 0 Å². The largest absolute Gasteiger partial charge is 0.330 e. The van der Waals surface area contributed by atoms with Gasteiger partial charge in [-0.1, -0.05) is 30.3 Å². The minimum Gasteiger partial charge on any atom is -0.330 e. The maximum atomic E-state index is 13.4. The van der Waals surface area contributed by atoms with Crippen LogP contribution in [0.1, 0.15) is 27.0 Å². The van der Waals surface area contributed by atoms with Gasteiger partial charge in [-0.3, -0.25) is 9.78 Å². The van der Waals surface area contributed by atoms with Crippen molar-refractivity contribution in [3.63, 3.8) is 0 Å². The molecule has 0 spiro atoms. The van der Waals surface area contributed by atoms with Gasteiger partial charge in [-0.2, -0.15) is 4.52 Å². The lowest BCUT2D eigenvalue weighted by atomic mass is 10.1. The summed E-state index contributed by atoms with van der Waals surface area (Å²) in [7, 11) is 0. The number of halogens is 1. The van der Waals surface area contributed by atoms with Crippen LogP contribution in [0.2, 0.25) is 0 Å². The van der Waals surface area contributed by atoms with Crippen molar-refractivity contribution in [2.75, 3.05) is 0 Å². The average Bonchev–Trinajstić information content (AvgIpc) is 3.30. The molecule has 3 heterocycles. The molecular weight excluding hydrogens is 407 g/mol. The molecule has 0 unspecified atom stereocenters. The molecule has 0 N–H and O–H groups in total. The number of carbonyl (C=O) groups is 1. The molecule has 1 amide bonds. The molecule has 0 fully saturated rings. The second-order valence-corrected chi connectivity index (χ2v) is 7.63. The zero-order valence-electron chi connectivity index (χ0n) is 17.3. The molecule has 0 aliphatic carbocycles. The van der Waals surface area contributed by atoms with Crippen molar-refractivity contribution in [3.05, 3.63) is 101 Å². The van der Waals surface area contributed by atoms with Gasteiger partial charge in [0.15, 0.2) is 5.65 Å². The molecule has 32 heavy (non-hydrogen) atoms. The maximum Gasteiger partial charge on any atom is 0.256 e. The number of pyridine rings is 2. The molecule has 0 saturated heterocycles. The first kappa shape index (κ1) is 19.7. The van der Waals surface area contributed by atoms with Gasteiger partial charge in [0.25, 0.3) is 5.91 Å². The summed E-state index contributed by atoms with van der Waals surface area (Å²) in [6.07, 6.45) is 3.16. The zero-order chi connectivity index (χ0) is 22.1. The molecule has 5 aromatic rings. The van der Waals surface area contributed by atoms with E-state index in [0.29, 0.717) is 17.8 Å². The number of amides is 1. The molecule has 0 atom stereocenters. The van der Waals surface area contributed by atoms with E-state index in [4.69, 9.17) is 0 Å². The Balaban J connectivity index is 1.58. The standard InChI is InChI=1S/C24H19FN6O/c1-16-4-2-5-18-12-20(23-27-28-29-31(23)22(16)18)15-30(14-17-7-9-21(25)10-8-17)24(32)19-6-3-11-26-13-19/h2-13H,14-15H2,1H3. The lowest BCUT2D eigenvalue weighted by molar-refractivity contribution is 0.0730. The predicted octanol–water partition coefficient (Wildman–Crippen LogP) is 3.96. The van der Waals surface area contributed by atoms with Gasteiger partial charge < -0.3 is 4.90 Å². The summed E-state index contributed by atoms with van der Waals surface area (Å²) in [4.78, 5) is 19.1. The van der Waals surface area contributed by atoms with Crippen molar-refractivity contribution < 1.29 is 9.18 Å². The fraction of sp³-hybridized carbons (Fsp3) is 0.125. The van der Waals surface area contributed by atoms with Crippen LogP contribution in [0.15, 0.2) is 73.1 Å². The van der Waals surface area contributed by atoms with Crippen LogP contribution in [0.5, 0.6) is 0 Å². The number of hydrogen-bond donors (Lipinski definition) is 0. The molecule has 158 valence electrons. The van der Waals surface area contributed by atoms with Crippen molar-refractivity contribution in [1.29, 1.82) is 0 Å². The fourth-order valence-corrected chi connectivity index (χ4v) is 3.88. The van der Waals surface area contributed by atoms with Crippen LogP contribution >= 0.6 is 0 Å². The first-order valence-corrected chi connectivity index (χ1v) is 10.1. The van der Waals surface area contributed by atoms with Gasteiger partial charge in [-0.15, -0.1) is 5.10 Å². The van der Waals surface area contributed by atoms with E-state index in [2.05, 4.69) is 20.5 Å². The Morgan fingerprint density at radius 3 is 2.69 bits per heavy atom. The highest BCUT2D eigenvalue weighted by Gasteiger charge is 2.20. The van der Waals surface area contributed by atoms with Crippen LogP contribution in [-0.4, -0.2) is 35.8 Å². The summed E-state index contributed by atoms with van der Waals surface area (Å²) >= 11 is 0. The Morgan fingerprint density at radius 1 is 1.06 bits per heavy atom. The Morgan fingerprint density at radius 2 is 1.91 bits per heavy atom. The molecular formula is C24H19FN6O. The molecule has 0 saturated carbocycles. The van der Waals surface area contributed by atoms with Crippen molar-refractivity contribution in [2.24, 2.45) is 0 Å². The molecule has 3 aromatic heterocycles. The summed E-state index contributed by atoms with van der Waals surface area (Å²) in [6.45, 7) is 2.59. The number of aromatic nitrogens is 5. The number of rotatable bonds is 5. The Kier molecular flexibility index (Phi) is 5.03. The van der Waals surface area contributed by atoms with Gasteiger partial charge in [-0.25, -0.2) is 4.39 Å². The van der Waals surface area contributed by atoms with Gasteiger partial charge in [-0.05, 0) is 58.8 Å². The zero-order valence-corrected chi connectivity index (χ0v) is 17.3. The fourth-order valence-electron chi connectivity index (χ4n) is 3.88. The van der Waals surface area contributed by atoms with Crippen LogP contribution in [-0.2, 0) is 13.1 Å². The van der Waals surface area contributed by atoms with E-state index in [1.807, 2.05) is 31.2 Å². The molecule has 0 radical (unpaired) electrons. The first-order chi connectivity index (χ1) is 15.6. The topological polar surface area (TPSA) is 76.3 Å². The lowest BCUT2D eigenvalue weighted by Gasteiger charge is -2.23. The quantitative estimate of drug-likeness (QED) is 0.425. The normalized spacial score (nSPS) is 11.2. The van der Waals surface area contributed by atoms with Crippen molar-refractivity contribution in [1.82, 2.24) is 29.9 Å². The third-order valence-corrected chi connectivity index (χ3v) is 5.41. The van der Waals surface area contributed by atoms with Crippen molar-refractivity contribution >= 4 is 22.5 Å². The van der Waals surface area contributed by atoms with Gasteiger partial charge in [0, 0.05) is 29.9 Å². The molecule has 2 aromatic carbocycles. The summed E-state index contributed by atoms with van der Waals surface area (Å²) in [6, 6.07) is 17.6. The summed E-state index contributed by atoms with van der Waals surface area (Å²) in [5, 5.41) is 13.2. The Bertz CT molecular complexity index is 1420. The highest BCUT2D eigenvalue weighted by atomic mass is 19.1. The molecule has 8 heteroatoms. The van der Waals surface area contributed by atoms with E-state index < -0.39 is 0 Å². The van der Waals surface area contributed by atoms with Crippen LogP contribution in [0.4, 0.5) is 4.39 Å². The summed E-state index contributed by atoms with van der Waals surface area (Å²) in [5.41, 5.74) is 4.68. The average molecular weight is 426 g/mol. The van der Waals surface area contributed by atoms with E-state index in [1.54, 1.807) is 39.9 Å². The second kappa shape index (κ2) is 8.14. The van der Waals surface area contributed by atoms with E-state index in [1.165, 1.54) is 18.3 Å². The molecule has 5 rings (SSSR count). The monoisotopic (exact) mass is 426 g/mol. The number of aryl methyl sites for hydroxylation is 1. The van der Waals surface area contributed by atoms with E-state index >= 15 is 0 Å². The molecule has 0 aliphatic heterocycles. The number of nitrogens with zero attached hydrogens (tertiary/aromatic N) is 6. The highest BCUT2D eigenvalue weighted by molar-refractivity contribution is 5.94. The molecule has 7 nitrogen and oxygen atoms in total. The third-order valence-electron chi connectivity index (χ3n) is 5.41.